The summed E-state index contributed by atoms with van der Waals surface area (Å²) in [5, 5.41) is 3.22. The standard InChI is InChI=1S/C19H25N3O2/c1-22-13-12-20-18(22)17(14-8-10-16(24-2)11-9-14)21-19(23)15-6-4-3-5-7-15/h8-13,15,17H,3-7H2,1-2H3,(H,21,23)/t17-/m1/s1. The smallest absolute Gasteiger partial charge is 0.223 e. The Morgan fingerprint density at radius 3 is 2.54 bits per heavy atom. The number of carbonyl (C=O) groups is 1. The molecule has 1 aliphatic carbocycles. The van der Waals surface area contributed by atoms with Crippen LogP contribution < -0.4 is 10.1 Å². The lowest BCUT2D eigenvalue weighted by Gasteiger charge is -2.25. The van der Waals surface area contributed by atoms with Gasteiger partial charge < -0.3 is 14.6 Å². The molecule has 128 valence electrons. The van der Waals surface area contributed by atoms with Crippen molar-refractivity contribution >= 4 is 5.91 Å². The molecule has 1 amide bonds. The highest BCUT2D eigenvalue weighted by Crippen LogP contribution is 2.27. The fourth-order valence-corrected chi connectivity index (χ4v) is 3.37. The molecule has 0 saturated heterocycles. The van der Waals surface area contributed by atoms with Crippen LogP contribution in [0.25, 0.3) is 0 Å². The summed E-state index contributed by atoms with van der Waals surface area (Å²) in [5.74, 6) is 1.90. The Labute approximate surface area is 143 Å². The minimum absolute atomic E-state index is 0.125. The van der Waals surface area contributed by atoms with Gasteiger partial charge in [-0.3, -0.25) is 4.79 Å². The molecule has 0 unspecified atom stereocenters. The van der Waals surface area contributed by atoms with Gasteiger partial charge in [-0.1, -0.05) is 31.4 Å². The summed E-state index contributed by atoms with van der Waals surface area (Å²) in [6.45, 7) is 0. The number of rotatable bonds is 5. The van der Waals surface area contributed by atoms with Crippen LogP contribution in [0.2, 0.25) is 0 Å². The van der Waals surface area contributed by atoms with Gasteiger partial charge in [0.2, 0.25) is 5.91 Å². The van der Waals surface area contributed by atoms with Crippen molar-refractivity contribution in [3.05, 3.63) is 48.0 Å². The highest BCUT2D eigenvalue weighted by Gasteiger charge is 2.26. The van der Waals surface area contributed by atoms with Gasteiger partial charge in [-0.2, -0.15) is 0 Å². The number of nitrogens with zero attached hydrogens (tertiary/aromatic N) is 2. The van der Waals surface area contributed by atoms with Crippen molar-refractivity contribution in [1.29, 1.82) is 0 Å². The largest absolute Gasteiger partial charge is 0.497 e. The topological polar surface area (TPSA) is 56.1 Å². The highest BCUT2D eigenvalue weighted by molar-refractivity contribution is 5.79. The number of benzene rings is 1. The average molecular weight is 327 g/mol. The van der Waals surface area contributed by atoms with Crippen molar-refractivity contribution in [3.63, 3.8) is 0 Å². The maximum Gasteiger partial charge on any atom is 0.223 e. The second-order valence-corrected chi connectivity index (χ2v) is 6.45. The predicted molar refractivity (Wildman–Crippen MR) is 92.8 cm³/mol. The summed E-state index contributed by atoms with van der Waals surface area (Å²) in [4.78, 5) is 17.2. The number of nitrogens with one attached hydrogen (secondary N) is 1. The third-order valence-electron chi connectivity index (χ3n) is 4.83. The van der Waals surface area contributed by atoms with Crippen LogP contribution in [0.1, 0.15) is 49.5 Å². The van der Waals surface area contributed by atoms with Gasteiger partial charge in [-0.25, -0.2) is 4.98 Å². The first-order chi connectivity index (χ1) is 11.7. The zero-order valence-corrected chi connectivity index (χ0v) is 14.4. The Morgan fingerprint density at radius 1 is 1.25 bits per heavy atom. The first-order valence-electron chi connectivity index (χ1n) is 8.60. The fourth-order valence-electron chi connectivity index (χ4n) is 3.37. The van der Waals surface area contributed by atoms with Crippen molar-refractivity contribution in [2.75, 3.05) is 7.11 Å². The SMILES string of the molecule is COc1ccc([C@@H](NC(=O)C2CCCCC2)c2nccn2C)cc1. The Morgan fingerprint density at radius 2 is 1.96 bits per heavy atom. The summed E-state index contributed by atoms with van der Waals surface area (Å²) in [5.41, 5.74) is 1.01. The van der Waals surface area contributed by atoms with E-state index in [-0.39, 0.29) is 17.9 Å². The van der Waals surface area contributed by atoms with Crippen molar-refractivity contribution in [3.8, 4) is 5.75 Å². The van der Waals surface area contributed by atoms with E-state index in [2.05, 4.69) is 10.3 Å². The Kier molecular flexibility index (Phi) is 5.18. The lowest BCUT2D eigenvalue weighted by atomic mass is 9.88. The molecule has 0 radical (unpaired) electrons. The first kappa shape index (κ1) is 16.6. The van der Waals surface area contributed by atoms with E-state index in [0.717, 1.165) is 42.8 Å². The molecule has 1 atom stereocenters. The van der Waals surface area contributed by atoms with Gasteiger partial charge in [0.05, 0.1) is 7.11 Å². The quantitative estimate of drug-likeness (QED) is 0.917. The van der Waals surface area contributed by atoms with Crippen molar-refractivity contribution < 1.29 is 9.53 Å². The number of hydrogen-bond donors (Lipinski definition) is 1. The number of methoxy groups -OCH3 is 1. The number of ether oxygens (including phenoxy) is 1. The van der Waals surface area contributed by atoms with E-state index in [4.69, 9.17) is 4.74 Å². The summed E-state index contributed by atoms with van der Waals surface area (Å²) in [6, 6.07) is 7.56. The van der Waals surface area contributed by atoms with E-state index < -0.39 is 0 Å². The molecular weight excluding hydrogens is 302 g/mol. The summed E-state index contributed by atoms with van der Waals surface area (Å²) in [6.07, 6.45) is 9.17. The minimum atomic E-state index is -0.245. The fraction of sp³-hybridized carbons (Fsp3) is 0.474. The normalized spacial score (nSPS) is 16.6. The summed E-state index contributed by atoms with van der Waals surface area (Å²) >= 11 is 0. The highest BCUT2D eigenvalue weighted by atomic mass is 16.5. The van der Waals surface area contributed by atoms with E-state index in [1.165, 1.54) is 6.42 Å². The molecule has 1 heterocycles. The molecule has 1 saturated carbocycles. The van der Waals surface area contributed by atoms with E-state index in [0.29, 0.717) is 0 Å². The van der Waals surface area contributed by atoms with Crippen molar-refractivity contribution in [2.45, 2.75) is 38.1 Å². The van der Waals surface area contributed by atoms with Gasteiger partial charge in [-0.05, 0) is 30.5 Å². The third kappa shape index (κ3) is 3.61. The molecule has 1 N–H and O–H groups in total. The van der Waals surface area contributed by atoms with Gasteiger partial charge in [-0.15, -0.1) is 0 Å². The molecule has 5 nitrogen and oxygen atoms in total. The second-order valence-electron chi connectivity index (χ2n) is 6.45. The van der Waals surface area contributed by atoms with Gasteiger partial charge >= 0.3 is 0 Å². The molecule has 1 aromatic carbocycles. The molecule has 5 heteroatoms. The zero-order valence-electron chi connectivity index (χ0n) is 14.4. The third-order valence-corrected chi connectivity index (χ3v) is 4.83. The molecule has 0 aliphatic heterocycles. The number of hydrogen-bond acceptors (Lipinski definition) is 3. The van der Waals surface area contributed by atoms with Gasteiger partial charge in [0.25, 0.3) is 0 Å². The molecule has 2 aromatic rings. The number of aromatic nitrogens is 2. The molecule has 1 aromatic heterocycles. The maximum atomic E-state index is 12.7. The minimum Gasteiger partial charge on any atom is -0.497 e. The van der Waals surface area contributed by atoms with E-state index in [1.807, 2.05) is 42.1 Å². The monoisotopic (exact) mass is 327 g/mol. The van der Waals surface area contributed by atoms with Gasteiger partial charge in [0.15, 0.2) is 0 Å². The Hall–Kier alpha value is -2.30. The lowest BCUT2D eigenvalue weighted by Crippen LogP contribution is -2.36. The van der Waals surface area contributed by atoms with Gasteiger partial charge in [0.1, 0.15) is 17.6 Å². The average Bonchev–Trinajstić information content (AvgIpc) is 3.06. The predicted octanol–water partition coefficient (Wildman–Crippen LogP) is 3.21. The Balaban J connectivity index is 1.84. The van der Waals surface area contributed by atoms with E-state index in [9.17, 15) is 4.79 Å². The first-order valence-corrected chi connectivity index (χ1v) is 8.60. The van der Waals surface area contributed by atoms with E-state index in [1.54, 1.807) is 13.3 Å². The molecule has 0 spiro atoms. The summed E-state index contributed by atoms with van der Waals surface area (Å²) < 4.78 is 7.19. The molecule has 0 bridgehead atoms. The lowest BCUT2D eigenvalue weighted by molar-refractivity contribution is -0.126. The molecule has 1 fully saturated rings. The maximum absolute atomic E-state index is 12.7. The molecule has 24 heavy (non-hydrogen) atoms. The van der Waals surface area contributed by atoms with Crippen LogP contribution in [-0.2, 0) is 11.8 Å². The number of imidazole rings is 1. The van der Waals surface area contributed by atoms with Crippen molar-refractivity contribution in [1.82, 2.24) is 14.9 Å². The van der Waals surface area contributed by atoms with Crippen LogP contribution in [0.4, 0.5) is 0 Å². The van der Waals surface area contributed by atoms with Crippen LogP contribution in [0, 0.1) is 5.92 Å². The van der Waals surface area contributed by atoms with Crippen LogP contribution >= 0.6 is 0 Å². The number of aryl methyl sites for hydroxylation is 1. The Bertz CT molecular complexity index is 672. The summed E-state index contributed by atoms with van der Waals surface area (Å²) in [7, 11) is 3.60. The van der Waals surface area contributed by atoms with Crippen molar-refractivity contribution in [2.24, 2.45) is 13.0 Å². The molecule has 3 rings (SSSR count). The molecule has 1 aliphatic rings. The zero-order chi connectivity index (χ0) is 16.9. The van der Waals surface area contributed by atoms with Gasteiger partial charge in [0, 0.05) is 25.4 Å². The molecular formula is C19H25N3O2. The van der Waals surface area contributed by atoms with Crippen LogP contribution in [0.15, 0.2) is 36.7 Å². The van der Waals surface area contributed by atoms with Crippen LogP contribution in [-0.4, -0.2) is 22.6 Å². The number of carbonyl (C=O) groups excluding carboxylic acids is 1. The second kappa shape index (κ2) is 7.51. The van der Waals surface area contributed by atoms with Crippen LogP contribution in [0.5, 0.6) is 5.75 Å². The van der Waals surface area contributed by atoms with E-state index >= 15 is 0 Å². The van der Waals surface area contributed by atoms with Crippen LogP contribution in [0.3, 0.4) is 0 Å². The number of amides is 1.